The van der Waals surface area contributed by atoms with E-state index >= 15 is 0 Å². The molecule has 162 valence electrons. The fourth-order valence-corrected chi connectivity index (χ4v) is 3.17. The number of amides is 1. The molecule has 0 radical (unpaired) electrons. The molecule has 0 bridgehead atoms. The molecule has 0 atom stereocenters. The number of imidazole rings is 1. The second kappa shape index (κ2) is 8.35. The summed E-state index contributed by atoms with van der Waals surface area (Å²) in [6.07, 6.45) is 4.38. The second-order valence-electron chi connectivity index (χ2n) is 6.94. The van der Waals surface area contributed by atoms with E-state index in [1.165, 1.54) is 12.3 Å². The van der Waals surface area contributed by atoms with E-state index in [-0.39, 0.29) is 16.4 Å². The van der Waals surface area contributed by atoms with E-state index in [2.05, 4.69) is 30.0 Å². The number of morpholine rings is 1. The predicted molar refractivity (Wildman–Crippen MR) is 122 cm³/mol. The molecule has 0 aliphatic carbocycles. The van der Waals surface area contributed by atoms with Crippen LogP contribution in [-0.4, -0.2) is 56.5 Å². The van der Waals surface area contributed by atoms with Crippen molar-refractivity contribution in [2.45, 2.75) is 6.92 Å². The lowest BCUT2D eigenvalue weighted by atomic mass is 10.1. The average molecular weight is 438 g/mol. The largest absolute Gasteiger partial charge is 0.378 e. The van der Waals surface area contributed by atoms with Crippen LogP contribution in [0.1, 0.15) is 27.1 Å². The van der Waals surface area contributed by atoms with E-state index in [1.807, 2.05) is 36.7 Å². The maximum Gasteiger partial charge on any atom is 0.258 e. The Morgan fingerprint density at radius 2 is 1.97 bits per heavy atom. The molecule has 0 unspecified atom stereocenters. The monoisotopic (exact) mass is 437 g/mol. The van der Waals surface area contributed by atoms with E-state index in [0.29, 0.717) is 5.52 Å². The summed E-state index contributed by atoms with van der Waals surface area (Å²) in [5.41, 5.74) is 2.19. The normalized spacial score (nSPS) is 24.0. The summed E-state index contributed by atoms with van der Waals surface area (Å²) in [5.74, 6) is -0.442. The standard InChI is InChI=1S/C23H23N7O2/c1-15-25-14-20(29(15)2)16-3-4-18-13-26-23(27-19(18)11-16)28-22(31)17-5-6-24-21(12-17)30-7-9-32-10-8-30/h3-6,11-14H,7-10H2,1-2H3,(H,26,27,28,31)/i7D2,8D2,9D2,10D2. The van der Waals surface area contributed by atoms with Crippen LogP contribution in [0.5, 0.6) is 0 Å². The van der Waals surface area contributed by atoms with Gasteiger partial charge in [0.25, 0.3) is 5.91 Å². The number of aryl methyl sites for hydroxylation is 1. The van der Waals surface area contributed by atoms with Crippen molar-refractivity contribution in [1.29, 1.82) is 0 Å². The Kier molecular flexibility index (Phi) is 3.36. The van der Waals surface area contributed by atoms with Gasteiger partial charge in [0.15, 0.2) is 0 Å². The van der Waals surface area contributed by atoms with E-state index in [1.54, 1.807) is 6.20 Å². The molecule has 1 N–H and O–H groups in total. The van der Waals surface area contributed by atoms with Crippen LogP contribution in [-0.2, 0) is 11.8 Å². The summed E-state index contributed by atoms with van der Waals surface area (Å²) < 4.78 is 70.8. The van der Waals surface area contributed by atoms with Crippen molar-refractivity contribution in [2.24, 2.45) is 7.05 Å². The van der Waals surface area contributed by atoms with E-state index in [0.717, 1.165) is 34.7 Å². The SMILES string of the molecule is [2H]C1([2H])OC([2H])([2H])C([2H])([2H])N(c2cc(C(=O)Nc3ncc4ccc(-c5cnc(C)n5C)cc4n3)ccn2)C1([2H])[2H]. The summed E-state index contributed by atoms with van der Waals surface area (Å²) >= 11 is 0. The third-order valence-corrected chi connectivity index (χ3v) is 4.98. The smallest absolute Gasteiger partial charge is 0.258 e. The van der Waals surface area contributed by atoms with Crippen LogP contribution >= 0.6 is 0 Å². The molecular weight excluding hydrogens is 406 g/mol. The van der Waals surface area contributed by atoms with Gasteiger partial charge in [-0.2, -0.15) is 0 Å². The highest BCUT2D eigenvalue weighted by molar-refractivity contribution is 6.04. The zero-order chi connectivity index (χ0) is 29.3. The van der Waals surface area contributed by atoms with Crippen LogP contribution < -0.4 is 10.2 Å². The van der Waals surface area contributed by atoms with Gasteiger partial charge in [0, 0.05) is 48.9 Å². The van der Waals surface area contributed by atoms with Crippen molar-refractivity contribution in [3.05, 3.63) is 60.3 Å². The first-order valence-corrected chi connectivity index (χ1v) is 9.58. The third-order valence-electron chi connectivity index (χ3n) is 4.98. The number of nitrogens with one attached hydrogen (secondary N) is 1. The van der Waals surface area contributed by atoms with E-state index in [9.17, 15) is 4.79 Å². The Morgan fingerprint density at radius 3 is 2.75 bits per heavy atom. The Hall–Kier alpha value is -3.85. The quantitative estimate of drug-likeness (QED) is 0.524. The molecule has 9 heteroatoms. The molecule has 4 aromatic rings. The van der Waals surface area contributed by atoms with Crippen molar-refractivity contribution >= 4 is 28.6 Å². The predicted octanol–water partition coefficient (Wildman–Crippen LogP) is 2.82. The van der Waals surface area contributed by atoms with Gasteiger partial charge in [0.1, 0.15) is 11.6 Å². The molecule has 1 fully saturated rings. The maximum atomic E-state index is 13.1. The number of hydrogen-bond acceptors (Lipinski definition) is 7. The Labute approximate surface area is 196 Å². The summed E-state index contributed by atoms with van der Waals surface area (Å²) in [6, 6.07) is 7.88. The summed E-state index contributed by atoms with van der Waals surface area (Å²) in [7, 11) is 1.90. The van der Waals surface area contributed by atoms with Crippen LogP contribution in [0.3, 0.4) is 0 Å². The summed E-state index contributed by atoms with van der Waals surface area (Å²) in [6.45, 7) is -11.0. The summed E-state index contributed by atoms with van der Waals surface area (Å²) in [4.78, 5) is 30.1. The van der Waals surface area contributed by atoms with Crippen LogP contribution in [0, 0.1) is 6.92 Å². The molecule has 1 aliphatic rings. The number of carbonyl (C=O) groups excluding carboxylic acids is 1. The molecular formula is C23H23N7O2. The first-order valence-electron chi connectivity index (χ1n) is 13.6. The number of nitrogens with zero attached hydrogens (tertiary/aromatic N) is 6. The Morgan fingerprint density at radius 1 is 1.12 bits per heavy atom. The second-order valence-corrected chi connectivity index (χ2v) is 6.94. The van der Waals surface area contributed by atoms with Crippen molar-refractivity contribution in [3.63, 3.8) is 0 Å². The highest BCUT2D eigenvalue weighted by Gasteiger charge is 2.15. The summed E-state index contributed by atoms with van der Waals surface area (Å²) in [5, 5.41) is 3.27. The van der Waals surface area contributed by atoms with E-state index < -0.39 is 37.8 Å². The highest BCUT2D eigenvalue weighted by atomic mass is 16.5. The van der Waals surface area contributed by atoms with Gasteiger partial charge in [-0.1, -0.05) is 12.1 Å². The Balaban J connectivity index is 1.46. The molecule has 4 heterocycles. The molecule has 0 saturated carbocycles. The van der Waals surface area contributed by atoms with Gasteiger partial charge in [-0.3, -0.25) is 10.1 Å². The first-order chi connectivity index (χ1) is 18.5. The molecule has 1 amide bonds. The van der Waals surface area contributed by atoms with Crippen LogP contribution in [0.25, 0.3) is 22.2 Å². The van der Waals surface area contributed by atoms with Crippen LogP contribution in [0.15, 0.2) is 48.9 Å². The minimum atomic E-state index is -3.26. The molecule has 32 heavy (non-hydrogen) atoms. The molecule has 3 aromatic heterocycles. The number of benzene rings is 1. The Bertz CT molecular complexity index is 1620. The van der Waals surface area contributed by atoms with Gasteiger partial charge in [-0.05, 0) is 25.1 Å². The van der Waals surface area contributed by atoms with Gasteiger partial charge >= 0.3 is 0 Å². The third kappa shape index (κ3) is 3.90. The number of aromatic nitrogens is 5. The number of hydrogen-bond donors (Lipinski definition) is 1. The lowest BCUT2D eigenvalue weighted by Gasteiger charge is -2.27. The number of fused-ring (bicyclic) bond motifs is 1. The zero-order valence-electron chi connectivity index (χ0n) is 25.1. The lowest BCUT2D eigenvalue weighted by molar-refractivity contribution is 0.102. The van der Waals surface area contributed by atoms with E-state index in [4.69, 9.17) is 11.0 Å². The molecule has 5 rings (SSSR count). The molecule has 9 nitrogen and oxygen atoms in total. The van der Waals surface area contributed by atoms with Crippen LogP contribution in [0.4, 0.5) is 11.8 Å². The van der Waals surface area contributed by atoms with Gasteiger partial charge in [-0.15, -0.1) is 0 Å². The average Bonchev–Trinajstić information content (AvgIpc) is 3.20. The minimum Gasteiger partial charge on any atom is -0.378 e. The van der Waals surface area contributed by atoms with Gasteiger partial charge in [0.2, 0.25) is 5.95 Å². The molecule has 1 saturated heterocycles. The fraction of sp³-hybridized carbons (Fsp3) is 0.261. The highest BCUT2D eigenvalue weighted by Crippen LogP contribution is 2.24. The first kappa shape index (κ1) is 12.9. The zero-order valence-corrected chi connectivity index (χ0v) is 17.1. The number of carbonyl (C=O) groups is 1. The van der Waals surface area contributed by atoms with Crippen molar-refractivity contribution in [3.8, 4) is 11.3 Å². The topological polar surface area (TPSA) is 98.1 Å². The van der Waals surface area contributed by atoms with Crippen molar-refractivity contribution in [2.75, 3.05) is 36.3 Å². The molecule has 0 spiro atoms. The van der Waals surface area contributed by atoms with Gasteiger partial charge in [-0.25, -0.2) is 19.9 Å². The lowest BCUT2D eigenvalue weighted by Crippen LogP contribution is -2.36. The molecule has 1 aromatic carbocycles. The van der Waals surface area contributed by atoms with Crippen molar-refractivity contribution < 1.29 is 20.5 Å². The van der Waals surface area contributed by atoms with Gasteiger partial charge in [0.05, 0.1) is 41.5 Å². The number of pyridine rings is 1. The number of rotatable bonds is 4. The maximum absolute atomic E-state index is 13.1. The van der Waals surface area contributed by atoms with Gasteiger partial charge < -0.3 is 14.2 Å². The fourth-order valence-electron chi connectivity index (χ4n) is 3.17. The number of anilines is 2. The number of ether oxygens (including phenoxy) is 1. The minimum absolute atomic E-state index is 0.0288. The van der Waals surface area contributed by atoms with Crippen molar-refractivity contribution in [1.82, 2.24) is 24.5 Å². The molecule has 1 aliphatic heterocycles. The van der Waals surface area contributed by atoms with Crippen LogP contribution in [0.2, 0.25) is 0 Å².